The van der Waals surface area contributed by atoms with E-state index in [1.807, 2.05) is 30.3 Å². The van der Waals surface area contributed by atoms with Gasteiger partial charge >= 0.3 is 17.9 Å². The van der Waals surface area contributed by atoms with Crippen molar-refractivity contribution in [3.05, 3.63) is 35.9 Å². The van der Waals surface area contributed by atoms with Gasteiger partial charge in [-0.25, -0.2) is 0 Å². The molecule has 2 aliphatic carbocycles. The van der Waals surface area contributed by atoms with E-state index < -0.39 is 29.2 Å². The number of benzene rings is 1. The summed E-state index contributed by atoms with van der Waals surface area (Å²) in [5, 5.41) is 9.86. The Balaban J connectivity index is 1.58. The summed E-state index contributed by atoms with van der Waals surface area (Å²) in [7, 11) is 0. The van der Waals surface area contributed by atoms with Gasteiger partial charge in [-0.05, 0) is 49.5 Å². The fourth-order valence-electron chi connectivity index (χ4n) is 5.69. The molecule has 0 amide bonds. The lowest BCUT2D eigenvalue weighted by Crippen LogP contribution is -2.40. The molecule has 0 heterocycles. The van der Waals surface area contributed by atoms with Crippen LogP contribution < -0.4 is 0 Å². The standard InChI is InChI=1S/C26H36O6/c1-17(22(28)31-16-18-9-7-6-8-10-18)14-25(4,23(29)30)15-21(27)32-20-13-19-11-12-26(20,5)24(19,2)3/h6-10,17,19-20H,11-16H2,1-5H3,(H,29,30)/t17?,19-,20-,25?,26?/m1/s1. The number of hydrogen-bond acceptors (Lipinski definition) is 5. The lowest BCUT2D eigenvalue weighted by Gasteiger charge is -2.38. The Morgan fingerprint density at radius 2 is 1.84 bits per heavy atom. The molecule has 2 bridgehead atoms. The summed E-state index contributed by atoms with van der Waals surface area (Å²) in [5.41, 5.74) is -0.525. The van der Waals surface area contributed by atoms with Crippen LogP contribution in [0.3, 0.4) is 0 Å². The molecule has 1 N–H and O–H groups in total. The van der Waals surface area contributed by atoms with Gasteiger partial charge in [0.25, 0.3) is 0 Å². The molecular formula is C26H36O6. The van der Waals surface area contributed by atoms with Crippen LogP contribution in [-0.2, 0) is 30.5 Å². The Labute approximate surface area is 190 Å². The van der Waals surface area contributed by atoms with E-state index in [2.05, 4.69) is 20.8 Å². The van der Waals surface area contributed by atoms with Crippen molar-refractivity contribution in [2.24, 2.45) is 28.1 Å². The molecule has 2 aliphatic rings. The monoisotopic (exact) mass is 444 g/mol. The van der Waals surface area contributed by atoms with Gasteiger partial charge in [-0.1, -0.05) is 58.0 Å². The minimum absolute atomic E-state index is 0.00110. The molecule has 1 aromatic carbocycles. The van der Waals surface area contributed by atoms with E-state index in [4.69, 9.17) is 9.47 Å². The van der Waals surface area contributed by atoms with E-state index in [9.17, 15) is 19.5 Å². The Bertz CT molecular complexity index is 862. The average molecular weight is 445 g/mol. The van der Waals surface area contributed by atoms with Crippen LogP contribution in [0.15, 0.2) is 30.3 Å². The number of carboxylic acids is 1. The summed E-state index contributed by atoms with van der Waals surface area (Å²) in [5.74, 6) is -2.23. The van der Waals surface area contributed by atoms with Gasteiger partial charge in [-0.15, -0.1) is 0 Å². The smallest absolute Gasteiger partial charge is 0.309 e. The summed E-state index contributed by atoms with van der Waals surface area (Å²) in [6, 6.07) is 9.30. The molecule has 2 saturated carbocycles. The Morgan fingerprint density at radius 3 is 2.38 bits per heavy atom. The predicted octanol–water partition coefficient (Wildman–Crippen LogP) is 5.00. The third-order valence-corrected chi connectivity index (χ3v) is 8.42. The zero-order chi connectivity index (χ0) is 23.7. The number of carboxylic acid groups (broad SMARTS) is 1. The second-order valence-electron chi connectivity index (χ2n) is 10.8. The summed E-state index contributed by atoms with van der Waals surface area (Å²) in [6.45, 7) is 9.93. The van der Waals surface area contributed by atoms with Crippen molar-refractivity contribution in [3.63, 3.8) is 0 Å². The maximum atomic E-state index is 12.8. The molecule has 32 heavy (non-hydrogen) atoms. The van der Waals surface area contributed by atoms with Crippen molar-refractivity contribution < 1.29 is 29.0 Å². The lowest BCUT2D eigenvalue weighted by atomic mass is 9.70. The van der Waals surface area contributed by atoms with Crippen LogP contribution in [0.5, 0.6) is 0 Å². The number of carbonyl (C=O) groups excluding carboxylic acids is 2. The Kier molecular flexibility index (Phi) is 6.73. The number of rotatable bonds is 9. The van der Waals surface area contributed by atoms with E-state index in [-0.39, 0.29) is 36.4 Å². The zero-order valence-electron chi connectivity index (χ0n) is 19.8. The van der Waals surface area contributed by atoms with E-state index in [1.54, 1.807) is 6.92 Å². The van der Waals surface area contributed by atoms with Crippen molar-refractivity contribution >= 4 is 17.9 Å². The fourth-order valence-corrected chi connectivity index (χ4v) is 5.69. The zero-order valence-corrected chi connectivity index (χ0v) is 19.8. The maximum Gasteiger partial charge on any atom is 0.309 e. The maximum absolute atomic E-state index is 12.8. The molecule has 1 aromatic rings. The largest absolute Gasteiger partial charge is 0.481 e. The highest BCUT2D eigenvalue weighted by atomic mass is 16.5. The molecule has 2 fully saturated rings. The minimum atomic E-state index is -1.41. The van der Waals surface area contributed by atoms with Gasteiger partial charge in [-0.2, -0.15) is 0 Å². The highest BCUT2D eigenvalue weighted by molar-refractivity contribution is 5.83. The molecule has 0 saturated heterocycles. The SMILES string of the molecule is CC(CC(C)(CC(=O)O[C@@H]1C[C@H]2CCC1(C)C2(C)C)C(=O)O)C(=O)OCc1ccccc1. The topological polar surface area (TPSA) is 89.9 Å². The van der Waals surface area contributed by atoms with Crippen LogP contribution in [0.4, 0.5) is 0 Å². The van der Waals surface area contributed by atoms with Crippen LogP contribution in [0.25, 0.3) is 0 Å². The van der Waals surface area contributed by atoms with Gasteiger partial charge in [0.05, 0.1) is 17.8 Å². The molecule has 0 radical (unpaired) electrons. The molecular weight excluding hydrogens is 408 g/mol. The number of esters is 2. The second-order valence-corrected chi connectivity index (χ2v) is 10.8. The van der Waals surface area contributed by atoms with Crippen LogP contribution in [0, 0.1) is 28.1 Å². The van der Waals surface area contributed by atoms with Gasteiger partial charge < -0.3 is 14.6 Å². The number of ether oxygens (including phenoxy) is 2. The summed E-state index contributed by atoms with van der Waals surface area (Å²) in [4.78, 5) is 37.3. The first-order valence-corrected chi connectivity index (χ1v) is 11.5. The first-order valence-electron chi connectivity index (χ1n) is 11.5. The van der Waals surface area contributed by atoms with Crippen molar-refractivity contribution in [3.8, 4) is 0 Å². The van der Waals surface area contributed by atoms with Crippen molar-refractivity contribution in [1.82, 2.24) is 0 Å². The highest BCUT2D eigenvalue weighted by Gasteiger charge is 2.63. The Hall–Kier alpha value is -2.37. The van der Waals surface area contributed by atoms with E-state index in [0.29, 0.717) is 5.92 Å². The second kappa shape index (κ2) is 8.87. The molecule has 0 aromatic heterocycles. The van der Waals surface area contributed by atoms with E-state index in [1.165, 1.54) is 6.92 Å². The molecule has 5 atom stereocenters. The normalized spacial score (nSPS) is 28.5. The van der Waals surface area contributed by atoms with Gasteiger partial charge in [0.15, 0.2) is 0 Å². The number of fused-ring (bicyclic) bond motifs is 2. The van der Waals surface area contributed by atoms with Crippen LogP contribution in [-0.4, -0.2) is 29.1 Å². The van der Waals surface area contributed by atoms with Gasteiger partial charge in [0, 0.05) is 5.41 Å². The minimum Gasteiger partial charge on any atom is -0.481 e. The third kappa shape index (κ3) is 4.55. The first-order chi connectivity index (χ1) is 14.9. The molecule has 3 unspecified atom stereocenters. The number of aliphatic carboxylic acids is 1. The van der Waals surface area contributed by atoms with Crippen molar-refractivity contribution in [2.45, 2.75) is 79.4 Å². The average Bonchev–Trinajstić information content (AvgIpc) is 3.06. The predicted molar refractivity (Wildman–Crippen MR) is 119 cm³/mol. The molecule has 0 spiro atoms. The van der Waals surface area contributed by atoms with Gasteiger partial charge in [-0.3, -0.25) is 14.4 Å². The molecule has 6 nitrogen and oxygen atoms in total. The first kappa shape index (κ1) is 24.3. The van der Waals surface area contributed by atoms with E-state index in [0.717, 1.165) is 24.8 Å². The molecule has 176 valence electrons. The lowest BCUT2D eigenvalue weighted by molar-refractivity contribution is -0.167. The molecule has 6 heteroatoms. The van der Waals surface area contributed by atoms with Crippen LogP contribution in [0.1, 0.15) is 72.3 Å². The molecule has 3 rings (SSSR count). The molecule has 0 aliphatic heterocycles. The summed E-state index contributed by atoms with van der Waals surface area (Å²) < 4.78 is 11.2. The van der Waals surface area contributed by atoms with Crippen LogP contribution >= 0.6 is 0 Å². The summed E-state index contributed by atoms with van der Waals surface area (Å²) in [6.07, 6.45) is 2.55. The fraction of sp³-hybridized carbons (Fsp3) is 0.654. The number of carbonyl (C=O) groups is 3. The summed E-state index contributed by atoms with van der Waals surface area (Å²) >= 11 is 0. The van der Waals surface area contributed by atoms with Gasteiger partial charge in [0.2, 0.25) is 0 Å². The quantitative estimate of drug-likeness (QED) is 0.540. The number of hydrogen-bond donors (Lipinski definition) is 1. The van der Waals surface area contributed by atoms with E-state index >= 15 is 0 Å². The van der Waals surface area contributed by atoms with Crippen molar-refractivity contribution in [2.75, 3.05) is 0 Å². The van der Waals surface area contributed by atoms with Crippen LogP contribution in [0.2, 0.25) is 0 Å². The third-order valence-electron chi connectivity index (χ3n) is 8.42. The van der Waals surface area contributed by atoms with Gasteiger partial charge in [0.1, 0.15) is 12.7 Å². The Morgan fingerprint density at radius 1 is 1.19 bits per heavy atom. The highest BCUT2D eigenvalue weighted by Crippen LogP contribution is 2.66. The van der Waals surface area contributed by atoms with Crippen molar-refractivity contribution in [1.29, 1.82) is 0 Å².